The highest BCUT2D eigenvalue weighted by molar-refractivity contribution is 6.63. The summed E-state index contributed by atoms with van der Waals surface area (Å²) in [7, 11) is 1.00. The van der Waals surface area contributed by atoms with Crippen LogP contribution in [-0.2, 0) is 0 Å². The fraction of sp³-hybridized carbons (Fsp3) is 0.400. The topological polar surface area (TPSA) is 81.2 Å². The lowest BCUT2D eigenvalue weighted by atomic mass is 10.3. The second kappa shape index (κ2) is 15.8. The summed E-state index contributed by atoms with van der Waals surface area (Å²) in [6.45, 7) is 1.58. The Morgan fingerprint density at radius 1 is 1.06 bits per heavy atom. The van der Waals surface area contributed by atoms with Gasteiger partial charge in [-0.25, -0.2) is 0 Å². The molecule has 1 atom stereocenters. The Balaban J connectivity index is -0.000000242. The standard InChI is InChI=1S/C8H10O2.CHCl3.CH4O.H2O/c1-7(9)10-8-5-3-2-4-6-8;2-1(3)4;1-2;/h2-7,9H,1H3;1H;2H,1H3;1H2. The predicted molar refractivity (Wildman–Crippen MR) is 71.9 cm³/mol. The minimum atomic E-state index is -0.750. The smallest absolute Gasteiger partial charge is 0.194 e. The fourth-order valence-corrected chi connectivity index (χ4v) is 0.696. The van der Waals surface area contributed by atoms with Gasteiger partial charge in [-0.05, 0) is 19.1 Å². The summed E-state index contributed by atoms with van der Waals surface area (Å²) < 4.78 is 4.22. The summed E-state index contributed by atoms with van der Waals surface area (Å²) >= 11 is 14.4. The van der Waals surface area contributed by atoms with Crippen molar-refractivity contribution in [1.29, 1.82) is 0 Å². The average molecular weight is 308 g/mol. The maximum Gasteiger partial charge on any atom is 0.194 e. The molecule has 0 spiro atoms. The molecule has 0 aliphatic heterocycles. The van der Waals surface area contributed by atoms with Gasteiger partial charge in [-0.2, -0.15) is 0 Å². The average Bonchev–Trinajstić information content (AvgIpc) is 2.20. The van der Waals surface area contributed by atoms with E-state index in [0.717, 1.165) is 7.11 Å². The van der Waals surface area contributed by atoms with Gasteiger partial charge in [0.2, 0.25) is 0 Å². The van der Waals surface area contributed by atoms with Crippen molar-refractivity contribution in [3.63, 3.8) is 0 Å². The molecule has 1 unspecified atom stereocenters. The molecule has 0 radical (unpaired) electrons. The minimum Gasteiger partial charge on any atom is -0.465 e. The Morgan fingerprint density at radius 3 is 1.71 bits per heavy atom. The summed E-state index contributed by atoms with van der Waals surface area (Å²) in [5, 5.41) is 15.8. The Morgan fingerprint density at radius 2 is 1.41 bits per heavy atom. The van der Waals surface area contributed by atoms with Gasteiger partial charge in [-0.3, -0.25) is 0 Å². The van der Waals surface area contributed by atoms with Crippen molar-refractivity contribution < 1.29 is 20.4 Å². The first-order valence-electron chi connectivity index (χ1n) is 4.29. The molecule has 0 fully saturated rings. The molecule has 0 heterocycles. The van der Waals surface area contributed by atoms with Gasteiger partial charge in [-0.1, -0.05) is 53.0 Å². The Hall–Kier alpha value is -0.230. The molecule has 0 saturated carbocycles. The van der Waals surface area contributed by atoms with E-state index in [-0.39, 0.29) is 5.48 Å². The number of para-hydroxylation sites is 1. The van der Waals surface area contributed by atoms with Crippen LogP contribution in [-0.4, -0.2) is 33.4 Å². The van der Waals surface area contributed by atoms with Crippen LogP contribution in [0, 0.1) is 0 Å². The summed E-state index contributed by atoms with van der Waals surface area (Å²) in [5.41, 5.74) is 0. The van der Waals surface area contributed by atoms with E-state index in [0.29, 0.717) is 5.75 Å². The molecule has 0 saturated heterocycles. The van der Waals surface area contributed by atoms with Crippen LogP contribution in [0.25, 0.3) is 0 Å². The van der Waals surface area contributed by atoms with Crippen LogP contribution in [0.5, 0.6) is 5.75 Å². The minimum absolute atomic E-state index is 0. The van der Waals surface area contributed by atoms with Crippen LogP contribution in [0.4, 0.5) is 0 Å². The van der Waals surface area contributed by atoms with Crippen molar-refractivity contribution in [2.75, 3.05) is 7.11 Å². The molecular weight excluding hydrogens is 290 g/mol. The number of halogens is 3. The SMILES string of the molecule is CC(O)Oc1ccccc1.CO.ClC(Cl)Cl.O. The number of ether oxygens (including phenoxy) is 1. The number of aliphatic hydroxyl groups is 2. The first kappa shape index (κ1) is 22.0. The monoisotopic (exact) mass is 306 g/mol. The third kappa shape index (κ3) is 21.6. The largest absolute Gasteiger partial charge is 0.465 e. The highest BCUT2D eigenvalue weighted by Crippen LogP contribution is 2.09. The summed E-state index contributed by atoms with van der Waals surface area (Å²) in [5.74, 6) is 0.692. The third-order valence-corrected chi connectivity index (χ3v) is 1.05. The van der Waals surface area contributed by atoms with Gasteiger partial charge in [0.25, 0.3) is 0 Å². The molecule has 0 aliphatic carbocycles. The molecule has 17 heavy (non-hydrogen) atoms. The molecule has 0 bridgehead atoms. The number of rotatable bonds is 2. The molecule has 0 aliphatic rings. The first-order valence-corrected chi connectivity index (χ1v) is 5.60. The lowest BCUT2D eigenvalue weighted by Crippen LogP contribution is -2.08. The van der Waals surface area contributed by atoms with Crippen LogP contribution >= 0.6 is 34.8 Å². The quantitative estimate of drug-likeness (QED) is 0.649. The zero-order chi connectivity index (χ0) is 13.0. The molecule has 1 rings (SSSR count). The summed E-state index contributed by atoms with van der Waals surface area (Å²) in [6.07, 6.45) is -0.734. The van der Waals surface area contributed by atoms with E-state index in [9.17, 15) is 0 Å². The highest BCUT2D eigenvalue weighted by atomic mass is 35.6. The molecule has 4 N–H and O–H groups in total. The number of hydrogen-bond donors (Lipinski definition) is 2. The maximum absolute atomic E-state index is 8.78. The van der Waals surface area contributed by atoms with Gasteiger partial charge in [-0.15, -0.1) is 0 Å². The highest BCUT2D eigenvalue weighted by Gasteiger charge is 1.94. The van der Waals surface area contributed by atoms with Gasteiger partial charge in [0.1, 0.15) is 5.75 Å². The first-order chi connectivity index (χ1) is 7.52. The normalized spacial score (nSPS) is 9.88. The van der Waals surface area contributed by atoms with E-state index in [4.69, 9.17) is 49.8 Å². The van der Waals surface area contributed by atoms with Crippen LogP contribution in [0.1, 0.15) is 6.92 Å². The van der Waals surface area contributed by atoms with Crippen molar-refractivity contribution in [1.82, 2.24) is 0 Å². The molecule has 1 aromatic carbocycles. The van der Waals surface area contributed by atoms with Gasteiger partial charge >= 0.3 is 0 Å². The summed E-state index contributed by atoms with van der Waals surface area (Å²) in [6, 6.07) is 9.21. The van der Waals surface area contributed by atoms with E-state index in [1.54, 1.807) is 19.1 Å². The number of aliphatic hydroxyl groups excluding tert-OH is 2. The Bertz CT molecular complexity index is 229. The second-order valence-corrected chi connectivity index (χ2v) is 4.26. The molecule has 0 aromatic heterocycles. The van der Waals surface area contributed by atoms with Crippen molar-refractivity contribution in [3.8, 4) is 5.75 Å². The molecule has 1 aromatic rings. The van der Waals surface area contributed by atoms with Crippen LogP contribution in [0.2, 0.25) is 0 Å². The molecule has 4 nitrogen and oxygen atoms in total. The number of alkyl halides is 3. The zero-order valence-corrected chi connectivity index (χ0v) is 11.7. The van der Waals surface area contributed by atoms with E-state index >= 15 is 0 Å². The van der Waals surface area contributed by atoms with E-state index < -0.39 is 10.6 Å². The maximum atomic E-state index is 8.78. The molecule has 102 valence electrons. The van der Waals surface area contributed by atoms with Gasteiger partial charge in [0, 0.05) is 7.11 Å². The molecule has 0 amide bonds. The fourth-order valence-electron chi connectivity index (χ4n) is 0.696. The zero-order valence-electron chi connectivity index (χ0n) is 9.48. The van der Waals surface area contributed by atoms with Gasteiger partial charge < -0.3 is 20.4 Å². The van der Waals surface area contributed by atoms with Gasteiger partial charge in [0.15, 0.2) is 10.6 Å². The van der Waals surface area contributed by atoms with Gasteiger partial charge in [0.05, 0.1) is 0 Å². The van der Waals surface area contributed by atoms with E-state index in [1.165, 1.54) is 0 Å². The Labute approximate surface area is 116 Å². The molecular formula is C10H17Cl3O4. The van der Waals surface area contributed by atoms with Crippen molar-refractivity contribution in [2.45, 2.75) is 17.5 Å². The third-order valence-electron chi connectivity index (χ3n) is 1.05. The van der Waals surface area contributed by atoms with Crippen LogP contribution in [0.3, 0.4) is 0 Å². The van der Waals surface area contributed by atoms with Crippen molar-refractivity contribution in [2.24, 2.45) is 0 Å². The summed E-state index contributed by atoms with van der Waals surface area (Å²) in [4.78, 5) is 0. The second-order valence-electron chi connectivity index (χ2n) is 2.28. The number of benzene rings is 1. The lowest BCUT2D eigenvalue weighted by molar-refractivity contribution is -0.000288. The number of hydrogen-bond acceptors (Lipinski definition) is 3. The van der Waals surface area contributed by atoms with E-state index in [1.807, 2.05) is 18.2 Å². The van der Waals surface area contributed by atoms with Crippen molar-refractivity contribution >= 4 is 34.8 Å². The molecule has 7 heteroatoms. The predicted octanol–water partition coefficient (Wildman–Crippen LogP) is 2.17. The van der Waals surface area contributed by atoms with Crippen LogP contribution < -0.4 is 4.74 Å². The Kier molecular flexibility index (Phi) is 20.4. The lowest BCUT2D eigenvalue weighted by Gasteiger charge is -2.06. The van der Waals surface area contributed by atoms with Crippen molar-refractivity contribution in [3.05, 3.63) is 30.3 Å². The van der Waals surface area contributed by atoms with Crippen LogP contribution in [0.15, 0.2) is 30.3 Å². The van der Waals surface area contributed by atoms with E-state index in [2.05, 4.69) is 0 Å².